The smallest absolute Gasteiger partial charge is 0.231 e. The molecule has 5 nitrogen and oxygen atoms in total. The Morgan fingerprint density at radius 1 is 1.32 bits per heavy atom. The molecule has 1 aliphatic heterocycles. The maximum atomic E-state index is 5.59. The minimum absolute atomic E-state index is 0.294. The summed E-state index contributed by atoms with van der Waals surface area (Å²) < 4.78 is 12.9. The summed E-state index contributed by atoms with van der Waals surface area (Å²) in [6.45, 7) is 2.96. The maximum absolute atomic E-state index is 5.59. The summed E-state index contributed by atoms with van der Waals surface area (Å²) in [5.74, 6) is 2.60. The first-order valence-electron chi connectivity index (χ1n) is 6.32. The summed E-state index contributed by atoms with van der Waals surface area (Å²) in [7, 11) is 2.01. The molecule has 3 rings (SSSR count). The SMILES string of the molecule is Cc1cc2c(cc1-c1cnc(CCN)n1C)OCO2. The van der Waals surface area contributed by atoms with Gasteiger partial charge in [0.1, 0.15) is 5.82 Å². The van der Waals surface area contributed by atoms with Crippen LogP contribution in [0.15, 0.2) is 18.3 Å². The van der Waals surface area contributed by atoms with Gasteiger partial charge >= 0.3 is 0 Å². The van der Waals surface area contributed by atoms with Crippen LogP contribution in [0.1, 0.15) is 11.4 Å². The van der Waals surface area contributed by atoms with Crippen LogP contribution < -0.4 is 15.2 Å². The number of fused-ring (bicyclic) bond motifs is 1. The molecule has 1 aliphatic rings. The van der Waals surface area contributed by atoms with Crippen molar-refractivity contribution in [1.29, 1.82) is 0 Å². The standard InChI is InChI=1S/C14H17N3O2/c1-9-5-12-13(19-8-18-12)6-10(9)11-7-16-14(3-4-15)17(11)2/h5-7H,3-4,8,15H2,1-2H3. The number of hydrogen-bond donors (Lipinski definition) is 1. The van der Waals surface area contributed by atoms with E-state index in [4.69, 9.17) is 15.2 Å². The van der Waals surface area contributed by atoms with Crippen molar-refractivity contribution in [2.24, 2.45) is 12.8 Å². The first-order chi connectivity index (χ1) is 9.20. The molecule has 2 heterocycles. The van der Waals surface area contributed by atoms with E-state index in [1.807, 2.05) is 25.4 Å². The topological polar surface area (TPSA) is 62.3 Å². The highest BCUT2D eigenvalue weighted by Gasteiger charge is 2.18. The van der Waals surface area contributed by atoms with Crippen LogP contribution >= 0.6 is 0 Å². The lowest BCUT2D eigenvalue weighted by Crippen LogP contribution is -2.08. The number of nitrogens with two attached hydrogens (primary N) is 1. The molecule has 0 saturated carbocycles. The third-order valence-electron chi connectivity index (χ3n) is 3.45. The van der Waals surface area contributed by atoms with Crippen LogP contribution in [0.2, 0.25) is 0 Å². The van der Waals surface area contributed by atoms with E-state index in [1.165, 1.54) is 0 Å². The maximum Gasteiger partial charge on any atom is 0.231 e. The second-order valence-electron chi connectivity index (χ2n) is 4.68. The van der Waals surface area contributed by atoms with Gasteiger partial charge in [0.2, 0.25) is 6.79 Å². The molecule has 0 atom stereocenters. The minimum atomic E-state index is 0.294. The molecule has 0 aliphatic carbocycles. The van der Waals surface area contributed by atoms with Gasteiger partial charge < -0.3 is 19.8 Å². The molecule has 0 amide bonds. The Morgan fingerprint density at radius 2 is 2.05 bits per heavy atom. The van der Waals surface area contributed by atoms with Crippen molar-refractivity contribution in [3.63, 3.8) is 0 Å². The highest BCUT2D eigenvalue weighted by atomic mass is 16.7. The van der Waals surface area contributed by atoms with E-state index in [2.05, 4.69) is 16.5 Å². The molecule has 1 aromatic carbocycles. The molecular weight excluding hydrogens is 242 g/mol. The number of benzene rings is 1. The van der Waals surface area contributed by atoms with Gasteiger partial charge in [0.05, 0.1) is 11.9 Å². The van der Waals surface area contributed by atoms with Crippen molar-refractivity contribution >= 4 is 0 Å². The molecular formula is C14H17N3O2. The second-order valence-corrected chi connectivity index (χ2v) is 4.68. The normalized spacial score (nSPS) is 13.0. The lowest BCUT2D eigenvalue weighted by atomic mass is 10.1. The van der Waals surface area contributed by atoms with Crippen molar-refractivity contribution in [3.05, 3.63) is 29.7 Å². The van der Waals surface area contributed by atoms with Crippen LogP contribution in [-0.2, 0) is 13.5 Å². The van der Waals surface area contributed by atoms with Gasteiger partial charge in [0.15, 0.2) is 11.5 Å². The Hall–Kier alpha value is -2.01. The molecule has 1 aromatic heterocycles. The Balaban J connectivity index is 2.07. The first kappa shape index (κ1) is 12.0. The highest BCUT2D eigenvalue weighted by Crippen LogP contribution is 2.38. The van der Waals surface area contributed by atoms with E-state index < -0.39 is 0 Å². The van der Waals surface area contributed by atoms with Crippen LogP contribution in [0.25, 0.3) is 11.3 Å². The van der Waals surface area contributed by atoms with Gasteiger partial charge in [-0.2, -0.15) is 0 Å². The molecule has 0 bridgehead atoms. The van der Waals surface area contributed by atoms with Gasteiger partial charge in [-0.15, -0.1) is 0 Å². The quantitative estimate of drug-likeness (QED) is 0.910. The van der Waals surface area contributed by atoms with E-state index in [9.17, 15) is 0 Å². The van der Waals surface area contributed by atoms with E-state index in [0.717, 1.165) is 40.6 Å². The largest absolute Gasteiger partial charge is 0.454 e. The molecule has 2 aromatic rings. The van der Waals surface area contributed by atoms with Crippen LogP contribution in [-0.4, -0.2) is 22.9 Å². The fourth-order valence-electron chi connectivity index (χ4n) is 2.38. The number of aromatic nitrogens is 2. The van der Waals surface area contributed by atoms with Crippen molar-refractivity contribution in [2.75, 3.05) is 13.3 Å². The van der Waals surface area contributed by atoms with Gasteiger partial charge in [0, 0.05) is 19.0 Å². The Labute approximate surface area is 112 Å². The fraction of sp³-hybridized carbons (Fsp3) is 0.357. The number of imidazole rings is 1. The second kappa shape index (κ2) is 4.59. The molecule has 5 heteroatoms. The number of ether oxygens (including phenoxy) is 2. The van der Waals surface area contributed by atoms with Crippen LogP contribution in [0, 0.1) is 6.92 Å². The fourth-order valence-corrected chi connectivity index (χ4v) is 2.38. The summed E-state index contributed by atoms with van der Waals surface area (Å²) in [5.41, 5.74) is 8.92. The number of aryl methyl sites for hydroxylation is 1. The van der Waals surface area contributed by atoms with Gasteiger partial charge in [-0.1, -0.05) is 0 Å². The lowest BCUT2D eigenvalue weighted by Gasteiger charge is -2.09. The zero-order valence-corrected chi connectivity index (χ0v) is 11.1. The van der Waals surface area contributed by atoms with Gasteiger partial charge in [-0.05, 0) is 31.2 Å². The predicted molar refractivity (Wildman–Crippen MR) is 72.3 cm³/mol. The third kappa shape index (κ3) is 1.96. The van der Waals surface area contributed by atoms with E-state index in [0.29, 0.717) is 13.3 Å². The molecule has 0 spiro atoms. The molecule has 0 saturated heterocycles. The Bertz CT molecular complexity index is 619. The zero-order valence-electron chi connectivity index (χ0n) is 11.1. The van der Waals surface area contributed by atoms with Crippen LogP contribution in [0.4, 0.5) is 0 Å². The van der Waals surface area contributed by atoms with Crippen molar-refractivity contribution in [3.8, 4) is 22.8 Å². The van der Waals surface area contributed by atoms with Crippen LogP contribution in [0.5, 0.6) is 11.5 Å². The summed E-state index contributed by atoms with van der Waals surface area (Å²) >= 11 is 0. The van der Waals surface area contributed by atoms with E-state index in [-0.39, 0.29) is 0 Å². The van der Waals surface area contributed by atoms with Gasteiger partial charge in [-0.25, -0.2) is 4.98 Å². The van der Waals surface area contributed by atoms with Crippen molar-refractivity contribution < 1.29 is 9.47 Å². The van der Waals surface area contributed by atoms with E-state index in [1.54, 1.807) is 0 Å². The first-order valence-corrected chi connectivity index (χ1v) is 6.32. The van der Waals surface area contributed by atoms with E-state index >= 15 is 0 Å². The highest BCUT2D eigenvalue weighted by molar-refractivity contribution is 5.68. The molecule has 0 unspecified atom stereocenters. The predicted octanol–water partition coefficient (Wildman–Crippen LogP) is 1.63. The number of rotatable bonds is 3. The average Bonchev–Trinajstić information content (AvgIpc) is 2.97. The Morgan fingerprint density at radius 3 is 2.79 bits per heavy atom. The summed E-state index contributed by atoms with van der Waals surface area (Å²) in [5, 5.41) is 0. The summed E-state index contributed by atoms with van der Waals surface area (Å²) in [6, 6.07) is 4.02. The van der Waals surface area contributed by atoms with Crippen LogP contribution in [0.3, 0.4) is 0 Å². The third-order valence-corrected chi connectivity index (χ3v) is 3.45. The van der Waals surface area contributed by atoms with Crippen molar-refractivity contribution in [2.45, 2.75) is 13.3 Å². The molecule has 100 valence electrons. The minimum Gasteiger partial charge on any atom is -0.454 e. The summed E-state index contributed by atoms with van der Waals surface area (Å²) in [4.78, 5) is 4.43. The molecule has 19 heavy (non-hydrogen) atoms. The monoisotopic (exact) mass is 259 g/mol. The molecule has 2 N–H and O–H groups in total. The number of hydrogen-bond acceptors (Lipinski definition) is 4. The van der Waals surface area contributed by atoms with Gasteiger partial charge in [0.25, 0.3) is 0 Å². The van der Waals surface area contributed by atoms with Crippen molar-refractivity contribution in [1.82, 2.24) is 9.55 Å². The molecule has 0 radical (unpaired) electrons. The number of nitrogens with zero attached hydrogens (tertiary/aromatic N) is 2. The molecule has 0 fully saturated rings. The Kier molecular flexibility index (Phi) is 2.91. The summed E-state index contributed by atoms with van der Waals surface area (Å²) in [6.07, 6.45) is 2.66. The van der Waals surface area contributed by atoms with Gasteiger partial charge in [-0.3, -0.25) is 0 Å². The average molecular weight is 259 g/mol. The zero-order chi connectivity index (χ0) is 13.4. The lowest BCUT2D eigenvalue weighted by molar-refractivity contribution is 0.174.